The first kappa shape index (κ1) is 15.7. The van der Waals surface area contributed by atoms with Crippen LogP contribution in [0.15, 0.2) is 24.3 Å². The van der Waals surface area contributed by atoms with Crippen molar-refractivity contribution in [1.29, 1.82) is 0 Å². The normalized spacial score (nSPS) is 11.2. The molecule has 0 amide bonds. The smallest absolute Gasteiger partial charge is 0.327 e. The predicted octanol–water partition coefficient (Wildman–Crippen LogP) is 2.07. The molecule has 1 atom stereocenters. The van der Waals surface area contributed by atoms with Gasteiger partial charge >= 0.3 is 5.97 Å². The second-order valence-electron chi connectivity index (χ2n) is 3.42. The third-order valence-electron chi connectivity index (χ3n) is 2.18. The van der Waals surface area contributed by atoms with Gasteiger partial charge in [0.25, 0.3) is 0 Å². The van der Waals surface area contributed by atoms with Crippen LogP contribution in [0.5, 0.6) is 5.75 Å². The number of methoxy groups -OCH3 is 1. The van der Waals surface area contributed by atoms with Gasteiger partial charge in [0.15, 0.2) is 0 Å². The van der Waals surface area contributed by atoms with Crippen molar-refractivity contribution < 1.29 is 14.3 Å². The number of hydrogen-bond acceptors (Lipinski definition) is 4. The maximum absolute atomic E-state index is 11.5. The molecule has 1 aromatic carbocycles. The molecule has 1 aromatic rings. The second-order valence-corrected chi connectivity index (χ2v) is 3.42. The molecule has 4 nitrogen and oxygen atoms in total. The van der Waals surface area contributed by atoms with Gasteiger partial charge in [0.2, 0.25) is 0 Å². The summed E-state index contributed by atoms with van der Waals surface area (Å²) in [5.41, 5.74) is 6.48. The Hall–Kier alpha value is -1.26. The van der Waals surface area contributed by atoms with Gasteiger partial charge in [-0.3, -0.25) is 0 Å². The fourth-order valence-corrected chi connectivity index (χ4v) is 1.24. The second kappa shape index (κ2) is 7.92. The molecule has 5 heteroatoms. The Kier molecular flexibility index (Phi) is 7.34. The number of halogens is 1. The van der Waals surface area contributed by atoms with E-state index in [1.54, 1.807) is 31.4 Å². The minimum Gasteiger partial charge on any atom is -0.497 e. The Balaban J connectivity index is 0.00000256. The summed E-state index contributed by atoms with van der Waals surface area (Å²) in [4.78, 5) is 11.5. The zero-order valence-electron chi connectivity index (χ0n) is 10.0. The van der Waals surface area contributed by atoms with E-state index in [4.69, 9.17) is 15.2 Å². The summed E-state index contributed by atoms with van der Waals surface area (Å²) in [7, 11) is 1.59. The van der Waals surface area contributed by atoms with Crippen molar-refractivity contribution >= 4 is 18.4 Å². The first-order valence-electron chi connectivity index (χ1n) is 5.25. The number of nitrogens with two attached hydrogens (primary N) is 1. The van der Waals surface area contributed by atoms with E-state index in [2.05, 4.69) is 0 Å². The largest absolute Gasteiger partial charge is 0.497 e. The summed E-state index contributed by atoms with van der Waals surface area (Å²) in [5.74, 6) is 0.338. The summed E-state index contributed by atoms with van der Waals surface area (Å²) in [5, 5.41) is 0. The Morgan fingerprint density at radius 2 is 1.94 bits per heavy atom. The molecule has 0 saturated carbocycles. The van der Waals surface area contributed by atoms with E-state index in [9.17, 15) is 4.79 Å². The Morgan fingerprint density at radius 3 is 2.41 bits per heavy atom. The number of hydrogen-bond donors (Lipinski definition) is 1. The third kappa shape index (κ3) is 4.63. The molecule has 0 radical (unpaired) electrons. The molecular formula is C12H18ClNO3. The minimum absolute atomic E-state index is 0. The van der Waals surface area contributed by atoms with Gasteiger partial charge < -0.3 is 15.2 Å². The highest BCUT2D eigenvalue weighted by molar-refractivity contribution is 5.85. The zero-order chi connectivity index (χ0) is 12.0. The predicted molar refractivity (Wildman–Crippen MR) is 68.4 cm³/mol. The molecule has 0 fully saturated rings. The number of rotatable bonds is 5. The molecule has 2 N–H and O–H groups in total. The molecule has 17 heavy (non-hydrogen) atoms. The lowest BCUT2D eigenvalue weighted by Gasteiger charge is -2.11. The summed E-state index contributed by atoms with van der Waals surface area (Å²) in [6.07, 6.45) is 0.793. The molecule has 0 aromatic heterocycles. The van der Waals surface area contributed by atoms with Crippen LogP contribution in [0.1, 0.15) is 24.9 Å². The van der Waals surface area contributed by atoms with E-state index in [-0.39, 0.29) is 12.4 Å². The Bertz CT molecular complexity index is 340. The number of carbonyl (C=O) groups is 1. The van der Waals surface area contributed by atoms with Gasteiger partial charge in [0.05, 0.1) is 13.7 Å². The van der Waals surface area contributed by atoms with E-state index >= 15 is 0 Å². The monoisotopic (exact) mass is 259 g/mol. The lowest BCUT2D eigenvalue weighted by atomic mass is 10.1. The first-order chi connectivity index (χ1) is 7.69. The number of carbonyl (C=O) groups excluding carboxylic acids is 1. The minimum atomic E-state index is -0.725. The SMILES string of the molecule is CCCOC(=O)[C@H](N)c1ccc(OC)cc1.Cl. The van der Waals surface area contributed by atoms with Crippen LogP contribution in [0, 0.1) is 0 Å². The van der Waals surface area contributed by atoms with Crippen molar-refractivity contribution in [2.75, 3.05) is 13.7 Å². The lowest BCUT2D eigenvalue weighted by molar-refractivity contribution is -0.145. The quantitative estimate of drug-likeness (QED) is 0.823. The van der Waals surface area contributed by atoms with Crippen LogP contribution in [-0.4, -0.2) is 19.7 Å². The van der Waals surface area contributed by atoms with Crippen LogP contribution in [0.25, 0.3) is 0 Å². The van der Waals surface area contributed by atoms with E-state index in [1.807, 2.05) is 6.92 Å². The molecule has 1 rings (SSSR count). The van der Waals surface area contributed by atoms with Crippen molar-refractivity contribution in [2.24, 2.45) is 5.73 Å². The summed E-state index contributed by atoms with van der Waals surface area (Å²) in [6, 6.07) is 6.33. The van der Waals surface area contributed by atoms with Gasteiger partial charge in [-0.15, -0.1) is 12.4 Å². The third-order valence-corrected chi connectivity index (χ3v) is 2.18. The number of benzene rings is 1. The molecule has 0 bridgehead atoms. The Morgan fingerprint density at radius 1 is 1.35 bits per heavy atom. The van der Waals surface area contributed by atoms with Gasteiger partial charge in [0.1, 0.15) is 11.8 Å². The molecule has 0 saturated heterocycles. The molecule has 0 aliphatic rings. The van der Waals surface area contributed by atoms with E-state index in [0.717, 1.165) is 17.7 Å². The molecule has 0 unspecified atom stereocenters. The summed E-state index contributed by atoms with van der Waals surface area (Å²) >= 11 is 0. The van der Waals surface area contributed by atoms with Gasteiger partial charge in [0, 0.05) is 0 Å². The van der Waals surface area contributed by atoms with Crippen LogP contribution in [0.3, 0.4) is 0 Å². The highest BCUT2D eigenvalue weighted by Crippen LogP contribution is 2.16. The van der Waals surface area contributed by atoms with E-state index < -0.39 is 12.0 Å². The number of esters is 1. The lowest BCUT2D eigenvalue weighted by Crippen LogP contribution is -2.23. The number of ether oxygens (including phenoxy) is 2. The van der Waals surface area contributed by atoms with Crippen LogP contribution < -0.4 is 10.5 Å². The van der Waals surface area contributed by atoms with Crippen LogP contribution in [0.2, 0.25) is 0 Å². The fourth-order valence-electron chi connectivity index (χ4n) is 1.24. The Labute approximate surface area is 108 Å². The van der Waals surface area contributed by atoms with Crippen molar-refractivity contribution in [3.8, 4) is 5.75 Å². The van der Waals surface area contributed by atoms with E-state index in [1.165, 1.54) is 0 Å². The average molecular weight is 260 g/mol. The molecule has 96 valence electrons. The van der Waals surface area contributed by atoms with Crippen LogP contribution in [-0.2, 0) is 9.53 Å². The van der Waals surface area contributed by atoms with Crippen molar-refractivity contribution in [1.82, 2.24) is 0 Å². The van der Waals surface area contributed by atoms with Gasteiger partial charge in [-0.05, 0) is 24.1 Å². The highest BCUT2D eigenvalue weighted by atomic mass is 35.5. The molecular weight excluding hydrogens is 242 g/mol. The topological polar surface area (TPSA) is 61.5 Å². The van der Waals surface area contributed by atoms with Gasteiger partial charge in [-0.1, -0.05) is 19.1 Å². The maximum atomic E-state index is 11.5. The van der Waals surface area contributed by atoms with Crippen molar-refractivity contribution in [3.05, 3.63) is 29.8 Å². The molecule has 0 aliphatic heterocycles. The summed E-state index contributed by atoms with van der Waals surface area (Å²) in [6.45, 7) is 2.34. The molecule has 0 heterocycles. The van der Waals surface area contributed by atoms with Gasteiger partial charge in [-0.25, -0.2) is 4.79 Å². The molecule has 0 spiro atoms. The first-order valence-corrected chi connectivity index (χ1v) is 5.25. The van der Waals surface area contributed by atoms with Crippen molar-refractivity contribution in [2.45, 2.75) is 19.4 Å². The fraction of sp³-hybridized carbons (Fsp3) is 0.417. The highest BCUT2D eigenvalue weighted by Gasteiger charge is 2.16. The van der Waals surface area contributed by atoms with E-state index in [0.29, 0.717) is 6.61 Å². The zero-order valence-corrected chi connectivity index (χ0v) is 10.8. The van der Waals surface area contributed by atoms with Gasteiger partial charge in [-0.2, -0.15) is 0 Å². The van der Waals surface area contributed by atoms with Crippen LogP contribution >= 0.6 is 12.4 Å². The maximum Gasteiger partial charge on any atom is 0.327 e. The average Bonchev–Trinajstić information content (AvgIpc) is 2.35. The standard InChI is InChI=1S/C12H17NO3.ClH/c1-3-8-16-12(14)11(13)9-4-6-10(15-2)7-5-9;/h4-7,11H,3,8,13H2,1-2H3;1H/t11-;/m1./s1. The molecule has 0 aliphatic carbocycles. The van der Waals surface area contributed by atoms with Crippen molar-refractivity contribution in [3.63, 3.8) is 0 Å². The van der Waals surface area contributed by atoms with Crippen LogP contribution in [0.4, 0.5) is 0 Å². The summed E-state index contributed by atoms with van der Waals surface area (Å²) < 4.78 is 9.99.